The minimum atomic E-state index is -0.222. The van der Waals surface area contributed by atoms with Crippen molar-refractivity contribution in [3.8, 4) is 11.5 Å². The predicted octanol–water partition coefficient (Wildman–Crippen LogP) is 4.09. The van der Waals surface area contributed by atoms with Gasteiger partial charge in [-0.05, 0) is 61.1 Å². The topological polar surface area (TPSA) is 27.7 Å². The van der Waals surface area contributed by atoms with E-state index < -0.39 is 0 Å². The molecule has 0 aliphatic heterocycles. The molecule has 3 nitrogen and oxygen atoms in total. The van der Waals surface area contributed by atoms with Gasteiger partial charge in [-0.3, -0.25) is 0 Å². The number of ether oxygens (including phenoxy) is 3. The number of hydrogen-bond acceptors (Lipinski definition) is 3. The minimum absolute atomic E-state index is 0.198. The van der Waals surface area contributed by atoms with Crippen molar-refractivity contribution in [2.45, 2.75) is 26.4 Å². The first-order valence-electron chi connectivity index (χ1n) is 5.64. The van der Waals surface area contributed by atoms with Crippen LogP contribution in [0.1, 0.15) is 26.3 Å². The van der Waals surface area contributed by atoms with Gasteiger partial charge >= 0.3 is 0 Å². The van der Waals surface area contributed by atoms with Crippen LogP contribution in [-0.4, -0.2) is 19.5 Å². The van der Waals surface area contributed by atoms with E-state index in [0.717, 1.165) is 9.13 Å². The Bertz CT molecular complexity index is 422. The van der Waals surface area contributed by atoms with Crippen LogP contribution < -0.4 is 9.47 Å². The second-order valence-corrected chi connectivity index (χ2v) is 5.92. The van der Waals surface area contributed by atoms with Crippen molar-refractivity contribution in [1.29, 1.82) is 0 Å². The number of methoxy groups -OCH3 is 1. The molecule has 0 amide bonds. The predicted molar refractivity (Wildman–Crippen MR) is 82.1 cm³/mol. The monoisotopic (exact) mass is 362 g/mol. The van der Waals surface area contributed by atoms with Crippen molar-refractivity contribution in [3.05, 3.63) is 27.8 Å². The fourth-order valence-electron chi connectivity index (χ4n) is 1.26. The molecule has 0 spiro atoms. The molecule has 0 saturated carbocycles. The summed E-state index contributed by atoms with van der Waals surface area (Å²) >= 11 is 2.21. The van der Waals surface area contributed by atoms with Gasteiger partial charge in [0.15, 0.2) is 18.3 Å². The first-order chi connectivity index (χ1) is 8.37. The molecule has 1 rings (SSSR count). The Morgan fingerprint density at radius 2 is 2.00 bits per heavy atom. The molecule has 4 heteroatoms. The SMILES string of the molecule is C=Cc1cc(I)c(OCOC(C)(C)C)c(OC)c1. The van der Waals surface area contributed by atoms with E-state index in [1.807, 2.05) is 32.9 Å². The van der Waals surface area contributed by atoms with E-state index >= 15 is 0 Å². The third-order valence-corrected chi connectivity index (χ3v) is 2.98. The molecule has 0 radical (unpaired) electrons. The molecule has 0 heterocycles. The Hall–Kier alpha value is -0.750. The first kappa shape index (κ1) is 15.3. The summed E-state index contributed by atoms with van der Waals surface area (Å²) in [5.74, 6) is 1.39. The Morgan fingerprint density at radius 1 is 1.33 bits per heavy atom. The van der Waals surface area contributed by atoms with Gasteiger partial charge in [0, 0.05) is 0 Å². The largest absolute Gasteiger partial charge is 0.493 e. The lowest BCUT2D eigenvalue weighted by atomic mass is 10.2. The molecule has 0 atom stereocenters. The van der Waals surface area contributed by atoms with E-state index in [9.17, 15) is 0 Å². The van der Waals surface area contributed by atoms with Crippen LogP contribution in [0, 0.1) is 3.57 Å². The van der Waals surface area contributed by atoms with Crippen LogP contribution in [0.5, 0.6) is 11.5 Å². The molecule has 0 N–H and O–H groups in total. The maximum Gasteiger partial charge on any atom is 0.189 e. The van der Waals surface area contributed by atoms with Gasteiger partial charge in [0.1, 0.15) is 0 Å². The summed E-state index contributed by atoms with van der Waals surface area (Å²) in [4.78, 5) is 0. The molecular formula is C14H19IO3. The van der Waals surface area contributed by atoms with E-state index in [2.05, 4.69) is 29.2 Å². The van der Waals surface area contributed by atoms with Crippen LogP contribution in [0.2, 0.25) is 0 Å². The Labute approximate surface area is 122 Å². The average Bonchev–Trinajstić information content (AvgIpc) is 2.29. The third-order valence-electron chi connectivity index (χ3n) is 2.18. The maximum absolute atomic E-state index is 5.65. The van der Waals surface area contributed by atoms with Gasteiger partial charge in [-0.1, -0.05) is 12.7 Å². The Morgan fingerprint density at radius 3 is 2.50 bits per heavy atom. The van der Waals surface area contributed by atoms with Crippen LogP contribution in [0.25, 0.3) is 6.08 Å². The molecule has 0 bridgehead atoms. The van der Waals surface area contributed by atoms with E-state index in [0.29, 0.717) is 11.5 Å². The van der Waals surface area contributed by atoms with Crippen molar-refractivity contribution in [1.82, 2.24) is 0 Å². The lowest BCUT2D eigenvalue weighted by molar-refractivity contribution is -0.0767. The highest BCUT2D eigenvalue weighted by molar-refractivity contribution is 14.1. The standard InChI is InChI=1S/C14H19IO3/c1-6-10-7-11(15)13(12(8-10)16-5)17-9-18-14(2,3)4/h6-8H,1,9H2,2-5H3. The number of benzene rings is 1. The molecule has 1 aromatic rings. The molecule has 0 fully saturated rings. The lowest BCUT2D eigenvalue weighted by Crippen LogP contribution is -2.22. The van der Waals surface area contributed by atoms with E-state index in [1.165, 1.54) is 0 Å². The highest BCUT2D eigenvalue weighted by Crippen LogP contribution is 2.34. The first-order valence-corrected chi connectivity index (χ1v) is 6.72. The highest BCUT2D eigenvalue weighted by atomic mass is 127. The van der Waals surface area contributed by atoms with Gasteiger partial charge in [-0.15, -0.1) is 0 Å². The molecule has 100 valence electrons. The Balaban J connectivity index is 2.84. The third kappa shape index (κ3) is 4.49. The molecule has 0 saturated heterocycles. The Kier molecular flexibility index (Phi) is 5.47. The number of rotatable bonds is 5. The summed E-state index contributed by atoms with van der Waals surface area (Å²) < 4.78 is 17.5. The number of halogens is 1. The molecule has 0 unspecified atom stereocenters. The fourth-order valence-corrected chi connectivity index (χ4v) is 2.04. The van der Waals surface area contributed by atoms with Crippen molar-refractivity contribution in [2.24, 2.45) is 0 Å². The smallest absolute Gasteiger partial charge is 0.189 e. The second kappa shape index (κ2) is 6.43. The molecule has 18 heavy (non-hydrogen) atoms. The minimum Gasteiger partial charge on any atom is -0.493 e. The molecule has 1 aromatic carbocycles. The normalized spacial score (nSPS) is 11.2. The summed E-state index contributed by atoms with van der Waals surface area (Å²) in [7, 11) is 1.62. The summed E-state index contributed by atoms with van der Waals surface area (Å²) in [6, 6.07) is 3.88. The van der Waals surface area contributed by atoms with Crippen LogP contribution in [0.15, 0.2) is 18.7 Å². The van der Waals surface area contributed by atoms with Gasteiger partial charge < -0.3 is 14.2 Å². The van der Waals surface area contributed by atoms with Crippen molar-refractivity contribution >= 4 is 28.7 Å². The number of hydrogen-bond donors (Lipinski definition) is 0. The fraction of sp³-hybridized carbons (Fsp3) is 0.429. The van der Waals surface area contributed by atoms with Crippen LogP contribution in [0.3, 0.4) is 0 Å². The van der Waals surface area contributed by atoms with Crippen molar-refractivity contribution in [2.75, 3.05) is 13.9 Å². The van der Waals surface area contributed by atoms with Gasteiger partial charge in [0.2, 0.25) is 0 Å². The van der Waals surface area contributed by atoms with Gasteiger partial charge in [-0.25, -0.2) is 0 Å². The van der Waals surface area contributed by atoms with E-state index in [-0.39, 0.29) is 12.4 Å². The van der Waals surface area contributed by atoms with E-state index in [1.54, 1.807) is 13.2 Å². The zero-order chi connectivity index (χ0) is 13.8. The van der Waals surface area contributed by atoms with Crippen LogP contribution in [0.4, 0.5) is 0 Å². The van der Waals surface area contributed by atoms with E-state index in [4.69, 9.17) is 14.2 Å². The zero-order valence-electron chi connectivity index (χ0n) is 11.2. The summed E-state index contributed by atoms with van der Waals surface area (Å²) in [6.45, 7) is 9.90. The molecule has 0 aliphatic rings. The van der Waals surface area contributed by atoms with Crippen molar-refractivity contribution in [3.63, 3.8) is 0 Å². The van der Waals surface area contributed by atoms with Crippen molar-refractivity contribution < 1.29 is 14.2 Å². The van der Waals surface area contributed by atoms with Crippen LogP contribution in [-0.2, 0) is 4.74 Å². The summed E-state index contributed by atoms with van der Waals surface area (Å²) in [5, 5.41) is 0. The molecule has 0 aromatic heterocycles. The average molecular weight is 362 g/mol. The van der Waals surface area contributed by atoms with Crippen LogP contribution >= 0.6 is 22.6 Å². The lowest BCUT2D eigenvalue weighted by Gasteiger charge is -2.20. The highest BCUT2D eigenvalue weighted by Gasteiger charge is 2.14. The van der Waals surface area contributed by atoms with Gasteiger partial charge in [-0.2, -0.15) is 0 Å². The van der Waals surface area contributed by atoms with Gasteiger partial charge in [0.25, 0.3) is 0 Å². The quantitative estimate of drug-likeness (QED) is 0.583. The summed E-state index contributed by atoms with van der Waals surface area (Å²) in [6.07, 6.45) is 1.78. The molecule has 0 aliphatic carbocycles. The molecular weight excluding hydrogens is 343 g/mol. The van der Waals surface area contributed by atoms with Gasteiger partial charge in [0.05, 0.1) is 16.3 Å². The second-order valence-electron chi connectivity index (χ2n) is 4.76. The zero-order valence-corrected chi connectivity index (χ0v) is 13.4. The maximum atomic E-state index is 5.65. The summed E-state index contributed by atoms with van der Waals surface area (Å²) in [5.41, 5.74) is 0.778.